The normalized spacial score (nSPS) is 15.3. The molecule has 0 spiro atoms. The van der Waals surface area contributed by atoms with Crippen molar-refractivity contribution >= 4 is 23.0 Å². The number of halogens is 2. The zero-order chi connectivity index (χ0) is 25.7. The number of benzene rings is 1. The Bertz CT molecular complexity index is 1140. The minimum Gasteiger partial charge on any atom is -0.593 e. The fourth-order valence-electron chi connectivity index (χ4n) is 3.91. The van der Waals surface area contributed by atoms with Gasteiger partial charge in [0.1, 0.15) is 12.3 Å². The van der Waals surface area contributed by atoms with Crippen LogP contribution in [0.5, 0.6) is 0 Å². The van der Waals surface area contributed by atoms with E-state index in [0.717, 1.165) is 44.0 Å². The van der Waals surface area contributed by atoms with E-state index in [9.17, 15) is 18.1 Å². The van der Waals surface area contributed by atoms with E-state index in [1.54, 1.807) is 23.4 Å². The second-order valence-electron chi connectivity index (χ2n) is 8.38. The van der Waals surface area contributed by atoms with Crippen molar-refractivity contribution in [3.05, 3.63) is 59.7 Å². The highest BCUT2D eigenvalue weighted by molar-refractivity contribution is 7.92. The van der Waals surface area contributed by atoms with Crippen LogP contribution in [0.4, 0.5) is 14.5 Å². The second kappa shape index (κ2) is 11.8. The van der Waals surface area contributed by atoms with Gasteiger partial charge < -0.3 is 13.9 Å². The summed E-state index contributed by atoms with van der Waals surface area (Å²) in [6.45, 7) is 7.69. The monoisotopic (exact) mass is 518 g/mol. The fraction of sp³-hybridized carbons (Fsp3) is 0.417. The number of carbonyl (C=O) groups is 1. The van der Waals surface area contributed by atoms with Gasteiger partial charge in [-0.05, 0) is 36.8 Å². The van der Waals surface area contributed by atoms with Gasteiger partial charge in [-0.15, -0.1) is 10.2 Å². The molecular formula is C24H28F2N6O3S. The largest absolute Gasteiger partial charge is 0.593 e. The summed E-state index contributed by atoms with van der Waals surface area (Å²) in [5, 5.41) is 6.96. The summed E-state index contributed by atoms with van der Waals surface area (Å²) in [6, 6.07) is 11.3. The molecule has 1 aliphatic rings. The molecular weight excluding hydrogens is 490 g/mol. The average Bonchev–Trinajstić information content (AvgIpc) is 3.39. The number of alkyl halides is 2. The molecule has 36 heavy (non-hydrogen) atoms. The van der Waals surface area contributed by atoms with Gasteiger partial charge in [-0.3, -0.25) is 14.7 Å². The lowest BCUT2D eigenvalue weighted by atomic mass is 10.1. The molecule has 2 aromatic heterocycles. The van der Waals surface area contributed by atoms with Crippen molar-refractivity contribution in [2.45, 2.75) is 33.4 Å². The Morgan fingerprint density at radius 1 is 1.14 bits per heavy atom. The first-order valence-electron chi connectivity index (χ1n) is 11.6. The van der Waals surface area contributed by atoms with Gasteiger partial charge in [-0.25, -0.2) is 0 Å². The molecule has 9 nitrogen and oxygen atoms in total. The van der Waals surface area contributed by atoms with Crippen LogP contribution in [0.1, 0.15) is 37.4 Å². The first kappa shape index (κ1) is 26.0. The fourth-order valence-corrected chi connectivity index (χ4v) is 4.86. The lowest BCUT2D eigenvalue weighted by Crippen LogP contribution is -2.47. The Morgan fingerprint density at radius 3 is 2.42 bits per heavy atom. The van der Waals surface area contributed by atoms with E-state index < -0.39 is 23.7 Å². The summed E-state index contributed by atoms with van der Waals surface area (Å²) in [5.41, 5.74) is 3.03. The van der Waals surface area contributed by atoms with Crippen molar-refractivity contribution < 1.29 is 22.5 Å². The van der Waals surface area contributed by atoms with E-state index in [-0.39, 0.29) is 11.8 Å². The van der Waals surface area contributed by atoms with E-state index in [1.807, 2.05) is 36.1 Å². The lowest BCUT2D eigenvalue weighted by molar-refractivity contribution is -0.130. The summed E-state index contributed by atoms with van der Waals surface area (Å²) < 4.78 is 45.0. The smallest absolute Gasteiger partial charge is 0.314 e. The molecule has 1 atom stereocenters. The highest BCUT2D eigenvalue weighted by Crippen LogP contribution is 2.25. The first-order chi connectivity index (χ1) is 17.3. The predicted molar refractivity (Wildman–Crippen MR) is 131 cm³/mol. The number of anilines is 1. The first-order valence-corrected chi connectivity index (χ1v) is 12.9. The molecule has 3 aromatic rings. The molecule has 1 aromatic carbocycles. The van der Waals surface area contributed by atoms with Crippen molar-refractivity contribution in [3.8, 4) is 11.5 Å². The summed E-state index contributed by atoms with van der Waals surface area (Å²) >= 11 is -1.26. The summed E-state index contributed by atoms with van der Waals surface area (Å²) in [5.74, 6) is -0.210. The maximum absolute atomic E-state index is 12.8. The van der Waals surface area contributed by atoms with Gasteiger partial charge in [0.25, 0.3) is 5.89 Å². The molecule has 0 aliphatic carbocycles. The molecule has 0 N–H and O–H groups in total. The zero-order valence-corrected chi connectivity index (χ0v) is 21.0. The number of pyridine rings is 1. The van der Waals surface area contributed by atoms with E-state index in [0.29, 0.717) is 23.6 Å². The number of aromatic nitrogens is 3. The van der Waals surface area contributed by atoms with E-state index in [1.165, 1.54) is 6.20 Å². The average molecular weight is 519 g/mol. The highest BCUT2D eigenvalue weighted by Gasteiger charge is 2.22. The topological polar surface area (TPSA) is 102 Å². The van der Waals surface area contributed by atoms with Gasteiger partial charge in [0.05, 0.1) is 28.3 Å². The van der Waals surface area contributed by atoms with E-state index in [4.69, 9.17) is 4.42 Å². The predicted octanol–water partition coefficient (Wildman–Crippen LogP) is 3.42. The van der Waals surface area contributed by atoms with Crippen LogP contribution >= 0.6 is 0 Å². The van der Waals surface area contributed by atoms with Crippen LogP contribution in [0, 0.1) is 0 Å². The maximum atomic E-state index is 12.8. The van der Waals surface area contributed by atoms with Gasteiger partial charge in [-0.2, -0.15) is 13.1 Å². The number of piperazine rings is 1. The molecule has 4 rings (SSSR count). The maximum Gasteiger partial charge on any atom is 0.314 e. The van der Waals surface area contributed by atoms with Gasteiger partial charge in [0.2, 0.25) is 11.8 Å². The number of amides is 1. The molecule has 0 bridgehead atoms. The Labute approximate surface area is 211 Å². The van der Waals surface area contributed by atoms with Crippen molar-refractivity contribution in [2.24, 2.45) is 0 Å². The Balaban J connectivity index is 1.41. The molecule has 1 aliphatic heterocycles. The third-order valence-corrected chi connectivity index (χ3v) is 7.27. The minimum absolute atomic E-state index is 0.0309. The minimum atomic E-state index is -2.83. The van der Waals surface area contributed by atoms with Gasteiger partial charge in [0, 0.05) is 45.8 Å². The van der Waals surface area contributed by atoms with Crippen LogP contribution in [-0.2, 0) is 29.2 Å². The van der Waals surface area contributed by atoms with Crippen LogP contribution in [0.2, 0.25) is 0 Å². The van der Waals surface area contributed by atoms with Crippen LogP contribution < -0.4 is 4.31 Å². The molecule has 3 heterocycles. The van der Waals surface area contributed by atoms with Gasteiger partial charge >= 0.3 is 6.43 Å². The number of nitrogens with zero attached hydrogens (tertiary/aromatic N) is 6. The Hall–Kier alpha value is -3.09. The Kier molecular flexibility index (Phi) is 8.49. The van der Waals surface area contributed by atoms with Crippen LogP contribution in [0.15, 0.2) is 47.0 Å². The SMILES string of the molecule is CC[S+]([O-])N(Cc1ccc(-c2nnc(C(F)F)o2)cn1)c1ccc(CN2CCN(C(C)=O)CC2)cc1. The number of hydrogen-bond acceptors (Lipinski definition) is 8. The van der Waals surface area contributed by atoms with Crippen molar-refractivity contribution in [3.63, 3.8) is 0 Å². The van der Waals surface area contributed by atoms with Crippen LogP contribution in [0.25, 0.3) is 11.5 Å². The van der Waals surface area contributed by atoms with Crippen LogP contribution in [-0.4, -0.2) is 67.4 Å². The molecule has 192 valence electrons. The van der Waals surface area contributed by atoms with E-state index in [2.05, 4.69) is 20.1 Å². The highest BCUT2D eigenvalue weighted by atomic mass is 32.2. The van der Waals surface area contributed by atoms with Gasteiger partial charge in [0.15, 0.2) is 0 Å². The lowest BCUT2D eigenvalue weighted by Gasteiger charge is -2.34. The van der Waals surface area contributed by atoms with Crippen molar-refractivity contribution in [1.29, 1.82) is 0 Å². The number of rotatable bonds is 9. The molecule has 0 saturated carbocycles. The van der Waals surface area contributed by atoms with E-state index >= 15 is 0 Å². The third kappa shape index (κ3) is 6.37. The van der Waals surface area contributed by atoms with Crippen molar-refractivity contribution in [1.82, 2.24) is 25.0 Å². The summed E-state index contributed by atoms with van der Waals surface area (Å²) in [6.07, 6.45) is -1.36. The Morgan fingerprint density at radius 2 is 1.86 bits per heavy atom. The molecule has 1 amide bonds. The number of carbonyl (C=O) groups excluding carboxylic acids is 1. The standard InChI is InChI=1S/C24H28F2N6O3S/c1-3-36(34)32(16-20-7-6-19(14-27-20)23-28-29-24(35-23)22(25)26)21-8-4-18(5-9-21)15-30-10-12-31(13-11-30)17(2)33/h4-9,14,22H,3,10-13,15-16H2,1-2H3. The zero-order valence-electron chi connectivity index (χ0n) is 20.1. The van der Waals surface area contributed by atoms with Gasteiger partial charge in [-0.1, -0.05) is 12.1 Å². The molecule has 1 saturated heterocycles. The summed E-state index contributed by atoms with van der Waals surface area (Å²) in [4.78, 5) is 20.1. The quantitative estimate of drug-likeness (QED) is 0.397. The second-order valence-corrected chi connectivity index (χ2v) is 10.0. The molecule has 1 unspecified atom stereocenters. The third-order valence-electron chi connectivity index (χ3n) is 5.95. The summed E-state index contributed by atoms with van der Waals surface area (Å²) in [7, 11) is 0. The van der Waals surface area contributed by atoms with Crippen LogP contribution in [0.3, 0.4) is 0 Å². The van der Waals surface area contributed by atoms with Crippen molar-refractivity contribution in [2.75, 3.05) is 36.2 Å². The molecule has 0 radical (unpaired) electrons. The molecule has 12 heteroatoms. The number of hydrogen-bond donors (Lipinski definition) is 0. The molecule has 1 fully saturated rings.